The minimum atomic E-state index is -0.289. The van der Waals surface area contributed by atoms with Gasteiger partial charge in [0.25, 0.3) is 0 Å². The SMILES string of the molecule is CCN(CC)c1ccc(C(CC)(c2ccccc2)c2ccc(N(c3ccc(C)cc3)c3ccc(-c4ccc5c6c7c(ccc46)C=CCC7=CC5)cc3)cc2)cc1. The highest BCUT2D eigenvalue weighted by atomic mass is 15.1. The summed E-state index contributed by atoms with van der Waals surface area (Å²) >= 11 is 0. The van der Waals surface area contributed by atoms with E-state index in [4.69, 9.17) is 0 Å². The summed E-state index contributed by atoms with van der Waals surface area (Å²) in [4.78, 5) is 4.80. The van der Waals surface area contributed by atoms with Crippen LogP contribution in [0.1, 0.15) is 72.6 Å². The smallest absolute Gasteiger partial charge is 0.0462 e. The number of aryl methyl sites for hydroxylation is 1. The molecule has 7 aromatic carbocycles. The number of nitrogens with zero attached hydrogens (tertiary/aromatic N) is 2. The Morgan fingerprint density at radius 3 is 1.77 bits per heavy atom. The second kappa shape index (κ2) is 14.8. The van der Waals surface area contributed by atoms with Crippen LogP contribution in [0, 0.1) is 6.92 Å². The Kier molecular flexibility index (Phi) is 9.43. The van der Waals surface area contributed by atoms with E-state index in [1.165, 1.54) is 72.1 Å². The molecule has 0 saturated heterocycles. The maximum atomic E-state index is 2.43. The van der Waals surface area contributed by atoms with Crippen molar-refractivity contribution < 1.29 is 0 Å². The largest absolute Gasteiger partial charge is 0.372 e. The van der Waals surface area contributed by atoms with Gasteiger partial charge in [0.05, 0.1) is 0 Å². The molecule has 0 radical (unpaired) electrons. The molecule has 0 saturated carbocycles. The Labute approximate surface area is 333 Å². The first-order valence-electron chi connectivity index (χ1n) is 20.5. The molecule has 0 aliphatic heterocycles. The fourth-order valence-electron chi connectivity index (χ4n) is 9.48. The van der Waals surface area contributed by atoms with E-state index in [-0.39, 0.29) is 5.41 Å². The zero-order valence-electron chi connectivity index (χ0n) is 33.1. The number of benzene rings is 7. The quantitative estimate of drug-likeness (QED) is 0.122. The summed E-state index contributed by atoms with van der Waals surface area (Å²) in [5.41, 5.74) is 17.8. The fourth-order valence-corrected chi connectivity index (χ4v) is 9.48. The molecule has 2 nitrogen and oxygen atoms in total. The van der Waals surface area contributed by atoms with E-state index in [1.807, 2.05) is 0 Å². The molecule has 7 aromatic rings. The van der Waals surface area contributed by atoms with Crippen molar-refractivity contribution in [3.63, 3.8) is 0 Å². The molecule has 2 aliphatic rings. The van der Waals surface area contributed by atoms with E-state index in [0.717, 1.165) is 49.4 Å². The topological polar surface area (TPSA) is 6.48 Å². The molecule has 1 unspecified atom stereocenters. The van der Waals surface area contributed by atoms with Crippen LogP contribution in [-0.2, 0) is 11.8 Å². The van der Waals surface area contributed by atoms with Crippen LogP contribution in [0.4, 0.5) is 22.7 Å². The third-order valence-corrected chi connectivity index (χ3v) is 12.5. The highest BCUT2D eigenvalue weighted by molar-refractivity contribution is 6.08. The Balaban J connectivity index is 1.11. The number of anilines is 4. The first-order valence-corrected chi connectivity index (χ1v) is 20.5. The number of allylic oxidation sites excluding steroid dienone is 3. The maximum Gasteiger partial charge on any atom is 0.0462 e. The van der Waals surface area contributed by atoms with Crippen LogP contribution in [0.15, 0.2) is 164 Å². The Morgan fingerprint density at radius 2 is 1.14 bits per heavy atom. The van der Waals surface area contributed by atoms with Gasteiger partial charge in [0.2, 0.25) is 0 Å². The van der Waals surface area contributed by atoms with Gasteiger partial charge in [-0.05, 0) is 149 Å². The maximum absolute atomic E-state index is 2.43. The van der Waals surface area contributed by atoms with Gasteiger partial charge in [-0.25, -0.2) is 0 Å². The Bertz CT molecular complexity index is 2560. The van der Waals surface area contributed by atoms with Gasteiger partial charge < -0.3 is 9.80 Å². The lowest BCUT2D eigenvalue weighted by molar-refractivity contribution is 0.594. The van der Waals surface area contributed by atoms with E-state index in [0.29, 0.717) is 0 Å². The molecule has 276 valence electrons. The van der Waals surface area contributed by atoms with E-state index >= 15 is 0 Å². The summed E-state index contributed by atoms with van der Waals surface area (Å²) in [7, 11) is 0. The molecule has 0 amide bonds. The van der Waals surface area contributed by atoms with Crippen molar-refractivity contribution >= 4 is 45.2 Å². The third-order valence-electron chi connectivity index (χ3n) is 12.5. The monoisotopic (exact) mass is 726 g/mol. The molecule has 2 heteroatoms. The van der Waals surface area contributed by atoms with Gasteiger partial charge in [0, 0.05) is 41.3 Å². The van der Waals surface area contributed by atoms with Crippen LogP contribution in [0.3, 0.4) is 0 Å². The minimum Gasteiger partial charge on any atom is -0.372 e. The lowest BCUT2D eigenvalue weighted by atomic mass is 9.67. The molecule has 9 rings (SSSR count). The fraction of sp³-hybridized carbons (Fsp3) is 0.185. The molecule has 0 bridgehead atoms. The van der Waals surface area contributed by atoms with E-state index in [2.05, 4.69) is 207 Å². The second-order valence-electron chi connectivity index (χ2n) is 15.4. The number of rotatable bonds is 11. The summed E-state index contributed by atoms with van der Waals surface area (Å²) < 4.78 is 0. The Morgan fingerprint density at radius 1 is 0.554 bits per heavy atom. The Hall–Kier alpha value is -6.12. The van der Waals surface area contributed by atoms with E-state index < -0.39 is 0 Å². The molecule has 0 spiro atoms. The van der Waals surface area contributed by atoms with Gasteiger partial charge in [-0.2, -0.15) is 0 Å². The summed E-state index contributed by atoms with van der Waals surface area (Å²) in [6.07, 6.45) is 10.00. The van der Waals surface area contributed by atoms with Crippen molar-refractivity contribution in [1.29, 1.82) is 0 Å². The van der Waals surface area contributed by atoms with Crippen molar-refractivity contribution in [2.24, 2.45) is 0 Å². The van der Waals surface area contributed by atoms with Crippen molar-refractivity contribution in [2.75, 3.05) is 22.9 Å². The second-order valence-corrected chi connectivity index (χ2v) is 15.4. The third kappa shape index (κ3) is 6.05. The molecule has 56 heavy (non-hydrogen) atoms. The summed E-state index contributed by atoms with van der Waals surface area (Å²) in [6.45, 7) is 10.9. The molecular formula is C54H50N2. The average Bonchev–Trinajstić information content (AvgIpc) is 3.26. The summed E-state index contributed by atoms with van der Waals surface area (Å²) in [5, 5.41) is 2.78. The molecular weight excluding hydrogens is 677 g/mol. The van der Waals surface area contributed by atoms with Gasteiger partial charge in [-0.1, -0.05) is 134 Å². The van der Waals surface area contributed by atoms with Gasteiger partial charge in [0.1, 0.15) is 0 Å². The zero-order valence-corrected chi connectivity index (χ0v) is 33.1. The summed E-state index contributed by atoms with van der Waals surface area (Å²) in [5.74, 6) is 0. The van der Waals surface area contributed by atoms with Crippen LogP contribution in [0.2, 0.25) is 0 Å². The van der Waals surface area contributed by atoms with Crippen LogP contribution >= 0.6 is 0 Å². The average molecular weight is 727 g/mol. The molecule has 0 heterocycles. The minimum absolute atomic E-state index is 0.289. The molecule has 1 atom stereocenters. The lowest BCUT2D eigenvalue weighted by Crippen LogP contribution is -2.29. The van der Waals surface area contributed by atoms with Crippen LogP contribution in [-0.4, -0.2) is 13.1 Å². The first-order chi connectivity index (χ1) is 27.5. The van der Waals surface area contributed by atoms with Crippen molar-refractivity contribution in [3.05, 3.63) is 203 Å². The van der Waals surface area contributed by atoms with Gasteiger partial charge in [-0.3, -0.25) is 0 Å². The lowest BCUT2D eigenvalue weighted by Gasteiger charge is -2.36. The van der Waals surface area contributed by atoms with Gasteiger partial charge in [-0.15, -0.1) is 0 Å². The van der Waals surface area contributed by atoms with Crippen LogP contribution < -0.4 is 9.80 Å². The standard InChI is InChI=1S/C54H50N2/c1-5-54(43-14-9-8-10-15-43,44-24-32-46(33-25-44)55(6-2)7-3)45-26-34-49(35-27-45)56(47-28-16-38(4)17-29-47)48-30-20-39(21-31-48)50-36-22-42-19-18-40-12-11-13-41-23-37-51(50)53(42)52(40)41/h8-11,13-18,20-37H,5-7,12,19H2,1-4H3. The van der Waals surface area contributed by atoms with E-state index in [1.54, 1.807) is 0 Å². The molecule has 0 N–H and O–H groups in total. The van der Waals surface area contributed by atoms with E-state index in [9.17, 15) is 0 Å². The first kappa shape index (κ1) is 35.6. The van der Waals surface area contributed by atoms with Crippen LogP contribution in [0.5, 0.6) is 0 Å². The molecule has 2 aliphatic carbocycles. The number of hydrogen-bond donors (Lipinski definition) is 0. The normalized spacial score (nSPS) is 14.0. The zero-order chi connectivity index (χ0) is 38.2. The molecule has 0 aromatic heterocycles. The molecule has 0 fully saturated rings. The van der Waals surface area contributed by atoms with Crippen molar-refractivity contribution in [2.45, 2.75) is 52.4 Å². The van der Waals surface area contributed by atoms with Crippen molar-refractivity contribution in [1.82, 2.24) is 0 Å². The van der Waals surface area contributed by atoms with Crippen LogP contribution in [0.25, 0.3) is 33.5 Å². The number of hydrogen-bond acceptors (Lipinski definition) is 2. The summed E-state index contributed by atoms with van der Waals surface area (Å²) in [6, 6.07) is 57.1. The van der Waals surface area contributed by atoms with Crippen molar-refractivity contribution in [3.8, 4) is 11.1 Å². The van der Waals surface area contributed by atoms with Gasteiger partial charge >= 0.3 is 0 Å². The highest BCUT2D eigenvalue weighted by Crippen LogP contribution is 2.46. The predicted octanol–water partition coefficient (Wildman–Crippen LogP) is 14.2. The van der Waals surface area contributed by atoms with Gasteiger partial charge in [0.15, 0.2) is 0 Å². The predicted molar refractivity (Wildman–Crippen MR) is 241 cm³/mol. The highest BCUT2D eigenvalue weighted by Gasteiger charge is 2.35.